The molecule has 0 radical (unpaired) electrons. The Balaban J connectivity index is 1.86. The van der Waals surface area contributed by atoms with Crippen LogP contribution in [0.4, 0.5) is 0 Å². The van der Waals surface area contributed by atoms with Crippen molar-refractivity contribution >= 4 is 28.8 Å². The number of aryl methyl sites for hydroxylation is 1. The number of amides is 1. The van der Waals surface area contributed by atoms with Crippen molar-refractivity contribution in [2.24, 2.45) is 0 Å². The number of Topliss-reactive ketones (excluding diaryl/α,β-unsaturated/α-hetero) is 1. The SMILES string of the molecule is Cc1ccc(C2/C(=C(/O)c3ccccc3)C(=O)C(=O)N2Cc2cccs2)o1. The van der Waals surface area contributed by atoms with Gasteiger partial charge in [0.25, 0.3) is 11.7 Å². The molecule has 5 nitrogen and oxygen atoms in total. The van der Waals surface area contributed by atoms with Crippen molar-refractivity contribution < 1.29 is 19.1 Å². The lowest BCUT2D eigenvalue weighted by atomic mass is 9.99. The largest absolute Gasteiger partial charge is 0.507 e. The number of aliphatic hydroxyl groups is 1. The lowest BCUT2D eigenvalue weighted by Crippen LogP contribution is -2.28. The van der Waals surface area contributed by atoms with Crippen LogP contribution in [0.3, 0.4) is 0 Å². The predicted molar refractivity (Wildman–Crippen MR) is 102 cm³/mol. The third-order valence-corrected chi connectivity index (χ3v) is 5.39. The van der Waals surface area contributed by atoms with Gasteiger partial charge in [-0.25, -0.2) is 0 Å². The summed E-state index contributed by atoms with van der Waals surface area (Å²) in [7, 11) is 0. The van der Waals surface area contributed by atoms with Crippen molar-refractivity contribution in [2.45, 2.75) is 19.5 Å². The molecule has 6 heteroatoms. The number of hydrogen-bond donors (Lipinski definition) is 1. The van der Waals surface area contributed by atoms with Crippen LogP contribution in [0, 0.1) is 6.92 Å². The molecule has 136 valence electrons. The zero-order valence-corrected chi connectivity index (χ0v) is 15.4. The van der Waals surface area contributed by atoms with Gasteiger partial charge in [-0.05, 0) is 30.5 Å². The predicted octanol–water partition coefficient (Wildman–Crippen LogP) is 4.27. The van der Waals surface area contributed by atoms with Crippen LogP contribution in [0.5, 0.6) is 0 Å². The first kappa shape index (κ1) is 17.3. The quantitative estimate of drug-likeness (QED) is 0.417. The van der Waals surface area contributed by atoms with Gasteiger partial charge in [0.2, 0.25) is 0 Å². The minimum atomic E-state index is -0.763. The third-order valence-electron chi connectivity index (χ3n) is 4.52. The van der Waals surface area contributed by atoms with Gasteiger partial charge >= 0.3 is 0 Å². The van der Waals surface area contributed by atoms with Gasteiger partial charge in [0.05, 0.1) is 12.1 Å². The summed E-state index contributed by atoms with van der Waals surface area (Å²) in [4.78, 5) is 28.0. The first-order chi connectivity index (χ1) is 13.1. The summed E-state index contributed by atoms with van der Waals surface area (Å²) in [6.45, 7) is 2.07. The normalized spacial score (nSPS) is 19.0. The lowest BCUT2D eigenvalue weighted by molar-refractivity contribution is -0.140. The number of ketones is 1. The van der Waals surface area contributed by atoms with Crippen LogP contribution in [-0.2, 0) is 16.1 Å². The molecule has 1 aliphatic rings. The van der Waals surface area contributed by atoms with E-state index in [9.17, 15) is 14.7 Å². The summed E-state index contributed by atoms with van der Waals surface area (Å²) < 4.78 is 5.74. The minimum absolute atomic E-state index is 0.0529. The van der Waals surface area contributed by atoms with Crippen molar-refractivity contribution in [1.82, 2.24) is 4.90 Å². The molecule has 1 saturated heterocycles. The minimum Gasteiger partial charge on any atom is -0.507 e. The molecule has 1 aromatic carbocycles. The lowest BCUT2D eigenvalue weighted by Gasteiger charge is -2.22. The summed E-state index contributed by atoms with van der Waals surface area (Å²) in [5, 5.41) is 12.8. The fourth-order valence-corrected chi connectivity index (χ4v) is 3.96. The molecule has 1 unspecified atom stereocenters. The number of carbonyl (C=O) groups excluding carboxylic acids is 2. The van der Waals surface area contributed by atoms with E-state index in [2.05, 4.69) is 0 Å². The molecule has 1 amide bonds. The third kappa shape index (κ3) is 3.08. The van der Waals surface area contributed by atoms with Crippen molar-refractivity contribution in [2.75, 3.05) is 0 Å². The summed E-state index contributed by atoms with van der Waals surface area (Å²) in [5.41, 5.74) is 0.539. The molecule has 0 aliphatic carbocycles. The number of likely N-dealkylation sites (tertiary alicyclic amines) is 1. The highest BCUT2D eigenvalue weighted by atomic mass is 32.1. The molecule has 3 heterocycles. The topological polar surface area (TPSA) is 70.8 Å². The highest BCUT2D eigenvalue weighted by molar-refractivity contribution is 7.09. The molecule has 1 aliphatic heterocycles. The van der Waals surface area contributed by atoms with Crippen molar-refractivity contribution in [3.63, 3.8) is 0 Å². The molecule has 2 aromatic heterocycles. The number of aliphatic hydroxyl groups excluding tert-OH is 1. The van der Waals surface area contributed by atoms with E-state index >= 15 is 0 Å². The van der Waals surface area contributed by atoms with E-state index in [1.165, 1.54) is 16.2 Å². The summed E-state index contributed by atoms with van der Waals surface area (Å²) in [6, 6.07) is 15.3. The Morgan fingerprint density at radius 1 is 1.11 bits per heavy atom. The van der Waals surface area contributed by atoms with E-state index in [0.29, 0.717) is 17.1 Å². The highest BCUT2D eigenvalue weighted by Crippen LogP contribution is 2.41. The molecule has 1 N–H and O–H groups in total. The van der Waals surface area contributed by atoms with Gasteiger partial charge in [0.1, 0.15) is 23.3 Å². The van der Waals surface area contributed by atoms with E-state index < -0.39 is 17.7 Å². The standard InChI is InChI=1S/C21H17NO4S/c1-13-9-10-16(26-13)18-17(19(23)14-6-3-2-4-7-14)20(24)21(25)22(18)12-15-8-5-11-27-15/h2-11,18,23H,12H2,1H3/b19-17-. The Morgan fingerprint density at radius 2 is 1.89 bits per heavy atom. The molecule has 1 fully saturated rings. The molecule has 0 saturated carbocycles. The van der Waals surface area contributed by atoms with E-state index in [1.54, 1.807) is 43.3 Å². The van der Waals surface area contributed by atoms with Crippen LogP contribution in [0.25, 0.3) is 5.76 Å². The number of rotatable bonds is 4. The maximum Gasteiger partial charge on any atom is 0.296 e. The molecule has 27 heavy (non-hydrogen) atoms. The molecule has 0 spiro atoms. The number of furan rings is 1. The van der Waals surface area contributed by atoms with Crippen LogP contribution in [0.1, 0.15) is 28.0 Å². The van der Waals surface area contributed by atoms with Crippen LogP contribution in [0.15, 0.2) is 70.0 Å². The number of benzene rings is 1. The maximum absolute atomic E-state index is 12.8. The van der Waals surface area contributed by atoms with Gasteiger partial charge in [0, 0.05) is 10.4 Å². The molecule has 0 bridgehead atoms. The van der Waals surface area contributed by atoms with Gasteiger partial charge in [0.15, 0.2) is 0 Å². The second kappa shape index (κ2) is 6.89. The average molecular weight is 379 g/mol. The first-order valence-electron chi connectivity index (χ1n) is 8.49. The molecule has 3 aromatic rings. The number of thiophene rings is 1. The summed E-state index contributed by atoms with van der Waals surface area (Å²) in [5.74, 6) is -0.402. The molecular weight excluding hydrogens is 362 g/mol. The number of carbonyl (C=O) groups is 2. The van der Waals surface area contributed by atoms with Gasteiger partial charge in [-0.1, -0.05) is 36.4 Å². The summed E-state index contributed by atoms with van der Waals surface area (Å²) in [6.07, 6.45) is 0. The van der Waals surface area contributed by atoms with Gasteiger partial charge in [-0.15, -0.1) is 11.3 Å². The Hall–Kier alpha value is -3.12. The second-order valence-electron chi connectivity index (χ2n) is 6.32. The van der Waals surface area contributed by atoms with Crippen molar-refractivity contribution in [3.8, 4) is 0 Å². The van der Waals surface area contributed by atoms with Gasteiger partial charge < -0.3 is 14.4 Å². The summed E-state index contributed by atoms with van der Waals surface area (Å²) >= 11 is 1.51. The zero-order valence-electron chi connectivity index (χ0n) is 14.6. The van der Waals surface area contributed by atoms with E-state index in [-0.39, 0.29) is 17.9 Å². The molecule has 1 atom stereocenters. The van der Waals surface area contributed by atoms with E-state index in [1.807, 2.05) is 23.6 Å². The van der Waals surface area contributed by atoms with Crippen molar-refractivity contribution in [1.29, 1.82) is 0 Å². The molecular formula is C21H17NO4S. The fraction of sp³-hybridized carbons (Fsp3) is 0.143. The monoisotopic (exact) mass is 379 g/mol. The van der Waals surface area contributed by atoms with Gasteiger partial charge in [-0.3, -0.25) is 9.59 Å². The van der Waals surface area contributed by atoms with E-state index in [4.69, 9.17) is 4.42 Å². The van der Waals surface area contributed by atoms with Crippen LogP contribution < -0.4 is 0 Å². The number of nitrogens with zero attached hydrogens (tertiary/aromatic N) is 1. The fourth-order valence-electron chi connectivity index (χ4n) is 3.26. The Kier molecular flexibility index (Phi) is 4.41. The first-order valence-corrected chi connectivity index (χ1v) is 9.37. The Morgan fingerprint density at radius 3 is 2.52 bits per heavy atom. The maximum atomic E-state index is 12.8. The number of hydrogen-bond acceptors (Lipinski definition) is 5. The van der Waals surface area contributed by atoms with Gasteiger partial charge in [-0.2, -0.15) is 0 Å². The van der Waals surface area contributed by atoms with Crippen LogP contribution >= 0.6 is 11.3 Å². The Bertz CT molecular complexity index is 1020. The van der Waals surface area contributed by atoms with Crippen LogP contribution in [0.2, 0.25) is 0 Å². The van der Waals surface area contributed by atoms with E-state index in [0.717, 1.165) is 4.88 Å². The Labute approximate surface area is 160 Å². The molecule has 4 rings (SSSR count). The zero-order chi connectivity index (χ0) is 19.0. The average Bonchev–Trinajstić information content (AvgIpc) is 3.39. The smallest absolute Gasteiger partial charge is 0.296 e. The van der Waals surface area contributed by atoms with Crippen molar-refractivity contribution in [3.05, 3.63) is 87.5 Å². The highest BCUT2D eigenvalue weighted by Gasteiger charge is 2.47. The van der Waals surface area contributed by atoms with Crippen LogP contribution in [-0.4, -0.2) is 21.7 Å². The second-order valence-corrected chi connectivity index (χ2v) is 7.35.